The number of likely N-dealkylation sites (tertiary alicyclic amines) is 1. The van der Waals surface area contributed by atoms with Gasteiger partial charge in [-0.15, -0.1) is 0 Å². The lowest BCUT2D eigenvalue weighted by Gasteiger charge is -2.49. The highest BCUT2D eigenvalue weighted by Crippen LogP contribution is 2.48. The fraction of sp³-hybridized carbons (Fsp3) is 0.520. The first-order valence-corrected chi connectivity index (χ1v) is 10.7. The molecule has 0 aromatic heterocycles. The SMILES string of the molecule is Cc1ccc(CCN2CCC3CC(C)CCC3C2c2cccc(O)c2)cc1. The van der Waals surface area contributed by atoms with Crippen molar-refractivity contribution in [1.82, 2.24) is 4.90 Å². The fourth-order valence-corrected chi connectivity index (χ4v) is 5.46. The van der Waals surface area contributed by atoms with E-state index in [4.69, 9.17) is 0 Å². The second-order valence-corrected chi connectivity index (χ2v) is 8.94. The molecular weight excluding hydrogens is 330 g/mol. The minimum atomic E-state index is 0.400. The van der Waals surface area contributed by atoms with Crippen LogP contribution in [0, 0.1) is 24.7 Å². The number of phenolic OH excluding ortho intramolecular Hbond substituents is 1. The van der Waals surface area contributed by atoms with Gasteiger partial charge in [-0.25, -0.2) is 0 Å². The molecule has 4 unspecified atom stereocenters. The Kier molecular flexibility index (Phi) is 5.54. The second kappa shape index (κ2) is 8.06. The molecule has 0 amide bonds. The Morgan fingerprint density at radius 2 is 1.85 bits per heavy atom. The molecule has 1 heterocycles. The zero-order valence-electron chi connectivity index (χ0n) is 16.8. The van der Waals surface area contributed by atoms with E-state index in [1.165, 1.54) is 48.9 Å². The predicted molar refractivity (Wildman–Crippen MR) is 112 cm³/mol. The molecule has 2 fully saturated rings. The number of fused-ring (bicyclic) bond motifs is 1. The van der Waals surface area contributed by atoms with Crippen molar-refractivity contribution in [3.05, 3.63) is 65.2 Å². The topological polar surface area (TPSA) is 23.5 Å². The Balaban J connectivity index is 1.56. The van der Waals surface area contributed by atoms with Crippen molar-refractivity contribution < 1.29 is 5.11 Å². The van der Waals surface area contributed by atoms with Crippen molar-refractivity contribution in [2.24, 2.45) is 17.8 Å². The lowest BCUT2D eigenvalue weighted by atomic mass is 9.66. The van der Waals surface area contributed by atoms with Crippen LogP contribution in [0.1, 0.15) is 55.3 Å². The fourth-order valence-electron chi connectivity index (χ4n) is 5.46. The van der Waals surface area contributed by atoms with Crippen molar-refractivity contribution in [2.75, 3.05) is 13.1 Å². The number of benzene rings is 2. The van der Waals surface area contributed by atoms with Gasteiger partial charge in [-0.2, -0.15) is 0 Å². The van der Waals surface area contributed by atoms with Crippen LogP contribution in [0.5, 0.6) is 5.75 Å². The van der Waals surface area contributed by atoms with E-state index in [1.54, 1.807) is 6.07 Å². The third-order valence-corrected chi connectivity index (χ3v) is 6.91. The molecule has 144 valence electrons. The van der Waals surface area contributed by atoms with E-state index in [9.17, 15) is 5.11 Å². The van der Waals surface area contributed by atoms with Gasteiger partial charge in [0, 0.05) is 12.6 Å². The summed E-state index contributed by atoms with van der Waals surface area (Å²) in [7, 11) is 0. The van der Waals surface area contributed by atoms with E-state index in [1.807, 2.05) is 12.1 Å². The van der Waals surface area contributed by atoms with Gasteiger partial charge in [0.25, 0.3) is 0 Å². The molecular formula is C25H33NO. The van der Waals surface area contributed by atoms with Gasteiger partial charge in [0.15, 0.2) is 0 Å². The number of hydrogen-bond acceptors (Lipinski definition) is 2. The first-order chi connectivity index (χ1) is 13.1. The Morgan fingerprint density at radius 1 is 1.04 bits per heavy atom. The minimum absolute atomic E-state index is 0.400. The van der Waals surface area contributed by atoms with E-state index in [0.29, 0.717) is 11.8 Å². The van der Waals surface area contributed by atoms with Crippen LogP contribution < -0.4 is 0 Å². The first kappa shape index (κ1) is 18.6. The van der Waals surface area contributed by atoms with Gasteiger partial charge in [0.05, 0.1) is 0 Å². The maximum absolute atomic E-state index is 10.1. The number of piperidine rings is 1. The maximum Gasteiger partial charge on any atom is 0.115 e. The molecule has 1 saturated carbocycles. The Hall–Kier alpha value is -1.80. The molecule has 2 aliphatic rings. The molecule has 1 aliphatic heterocycles. The van der Waals surface area contributed by atoms with Crippen molar-refractivity contribution in [3.63, 3.8) is 0 Å². The average Bonchev–Trinajstić information content (AvgIpc) is 2.67. The van der Waals surface area contributed by atoms with Crippen molar-refractivity contribution in [3.8, 4) is 5.75 Å². The van der Waals surface area contributed by atoms with Crippen molar-refractivity contribution >= 4 is 0 Å². The first-order valence-electron chi connectivity index (χ1n) is 10.7. The number of rotatable bonds is 4. The third-order valence-electron chi connectivity index (χ3n) is 6.91. The summed E-state index contributed by atoms with van der Waals surface area (Å²) in [6.45, 7) is 6.85. The normalized spacial score (nSPS) is 28.7. The summed E-state index contributed by atoms with van der Waals surface area (Å²) in [6, 6.07) is 17.5. The van der Waals surface area contributed by atoms with Crippen LogP contribution in [0.3, 0.4) is 0 Å². The second-order valence-electron chi connectivity index (χ2n) is 8.94. The van der Waals surface area contributed by atoms with Crippen LogP contribution in [0.2, 0.25) is 0 Å². The molecule has 2 nitrogen and oxygen atoms in total. The quantitative estimate of drug-likeness (QED) is 0.748. The summed E-state index contributed by atoms with van der Waals surface area (Å²) in [5, 5.41) is 10.1. The van der Waals surface area contributed by atoms with E-state index < -0.39 is 0 Å². The van der Waals surface area contributed by atoms with Gasteiger partial charge in [-0.05, 0) is 80.2 Å². The predicted octanol–water partition coefficient (Wildman–Crippen LogP) is 5.74. The van der Waals surface area contributed by atoms with Crippen molar-refractivity contribution in [1.29, 1.82) is 0 Å². The monoisotopic (exact) mass is 363 g/mol. The standard InChI is InChI=1S/C25H33NO/c1-18-6-9-20(10-7-18)12-14-26-15-13-21-16-19(2)8-11-24(21)25(26)22-4-3-5-23(27)17-22/h3-7,9-10,17,19,21,24-25,27H,8,11-16H2,1-2H3. The highest BCUT2D eigenvalue weighted by molar-refractivity contribution is 5.31. The molecule has 1 N–H and O–H groups in total. The van der Waals surface area contributed by atoms with Gasteiger partial charge >= 0.3 is 0 Å². The van der Waals surface area contributed by atoms with Crippen LogP contribution in [0.15, 0.2) is 48.5 Å². The Bertz CT molecular complexity index is 753. The van der Waals surface area contributed by atoms with Gasteiger partial charge in [0.2, 0.25) is 0 Å². The smallest absolute Gasteiger partial charge is 0.115 e. The highest BCUT2D eigenvalue weighted by Gasteiger charge is 2.41. The van der Waals surface area contributed by atoms with Gasteiger partial charge in [-0.1, -0.05) is 55.3 Å². The minimum Gasteiger partial charge on any atom is -0.508 e. The number of aromatic hydroxyl groups is 1. The number of aryl methyl sites for hydroxylation is 1. The summed E-state index contributed by atoms with van der Waals surface area (Å²) in [5.74, 6) is 2.85. The molecule has 0 bridgehead atoms. The Labute approximate surface area is 164 Å². The van der Waals surface area contributed by atoms with Gasteiger partial charge in [0.1, 0.15) is 5.75 Å². The summed E-state index contributed by atoms with van der Waals surface area (Å²) in [5.41, 5.74) is 4.06. The van der Waals surface area contributed by atoms with E-state index in [-0.39, 0.29) is 0 Å². The van der Waals surface area contributed by atoms with Crippen molar-refractivity contribution in [2.45, 2.75) is 52.0 Å². The molecule has 27 heavy (non-hydrogen) atoms. The van der Waals surface area contributed by atoms with E-state index in [2.05, 4.69) is 49.1 Å². The maximum atomic E-state index is 10.1. The Morgan fingerprint density at radius 3 is 2.63 bits per heavy atom. The molecule has 2 heteroatoms. The van der Waals surface area contributed by atoms with Crippen LogP contribution in [-0.2, 0) is 6.42 Å². The largest absolute Gasteiger partial charge is 0.508 e. The lowest BCUT2D eigenvalue weighted by molar-refractivity contribution is 0.0107. The molecule has 0 spiro atoms. The summed E-state index contributed by atoms with van der Waals surface area (Å²) >= 11 is 0. The van der Waals surface area contributed by atoms with Gasteiger partial charge in [-0.3, -0.25) is 4.90 Å². The molecule has 2 aromatic carbocycles. The molecule has 0 radical (unpaired) electrons. The summed E-state index contributed by atoms with van der Waals surface area (Å²) in [6.07, 6.45) is 6.49. The summed E-state index contributed by atoms with van der Waals surface area (Å²) < 4.78 is 0. The van der Waals surface area contributed by atoms with E-state index in [0.717, 1.165) is 30.7 Å². The number of phenols is 1. The van der Waals surface area contributed by atoms with Gasteiger partial charge < -0.3 is 5.11 Å². The number of hydrogen-bond donors (Lipinski definition) is 1. The third kappa shape index (κ3) is 4.21. The molecule has 1 saturated heterocycles. The molecule has 2 aromatic rings. The zero-order valence-corrected chi connectivity index (χ0v) is 16.8. The average molecular weight is 364 g/mol. The highest BCUT2D eigenvalue weighted by atomic mass is 16.3. The zero-order chi connectivity index (χ0) is 18.8. The van der Waals surface area contributed by atoms with E-state index >= 15 is 0 Å². The van der Waals surface area contributed by atoms with Crippen LogP contribution in [-0.4, -0.2) is 23.1 Å². The molecule has 4 atom stereocenters. The van der Waals surface area contributed by atoms with Crippen LogP contribution >= 0.6 is 0 Å². The lowest BCUT2D eigenvalue weighted by Crippen LogP contribution is -2.46. The molecule has 1 aliphatic carbocycles. The van der Waals surface area contributed by atoms with Crippen LogP contribution in [0.25, 0.3) is 0 Å². The summed E-state index contributed by atoms with van der Waals surface area (Å²) in [4.78, 5) is 2.70. The number of nitrogens with zero attached hydrogens (tertiary/aromatic N) is 1. The molecule has 4 rings (SSSR count). The van der Waals surface area contributed by atoms with Crippen LogP contribution in [0.4, 0.5) is 0 Å².